The third-order valence-corrected chi connectivity index (χ3v) is 8.25. The fraction of sp³-hybridized carbons (Fsp3) is 0.733. The molecule has 0 nitrogen and oxygen atoms in total. The predicted octanol–water partition coefficient (Wildman–Crippen LogP) is 9.63. The van der Waals surface area contributed by atoms with Gasteiger partial charge in [-0.1, -0.05) is 102 Å². The quantitative estimate of drug-likeness (QED) is 0.320. The zero-order valence-corrected chi connectivity index (χ0v) is 20.1. The molecule has 0 saturated heterocycles. The minimum Gasteiger partial charge on any atom is -0.0839 e. The molecule has 0 atom stereocenters. The second-order valence-corrected chi connectivity index (χ2v) is 10.5. The molecule has 0 bridgehead atoms. The molecule has 0 amide bonds. The summed E-state index contributed by atoms with van der Waals surface area (Å²) < 4.78 is 0. The van der Waals surface area contributed by atoms with Crippen molar-refractivity contribution in [3.8, 4) is 0 Å². The Hall–Kier alpha value is -1.04. The predicted molar refractivity (Wildman–Crippen MR) is 134 cm³/mol. The van der Waals surface area contributed by atoms with Gasteiger partial charge in [-0.2, -0.15) is 0 Å². The first kappa shape index (κ1) is 23.6. The summed E-state index contributed by atoms with van der Waals surface area (Å²) in [6.45, 7) is 4.63. The monoisotopic (exact) mass is 408 g/mol. The molecule has 2 fully saturated rings. The average molecular weight is 409 g/mol. The van der Waals surface area contributed by atoms with Crippen LogP contribution < -0.4 is 0 Å². The van der Waals surface area contributed by atoms with Gasteiger partial charge in [-0.15, -0.1) is 0 Å². The molecule has 0 aliphatic heterocycles. The summed E-state index contributed by atoms with van der Waals surface area (Å²) in [6, 6.07) is 9.26. The average Bonchev–Trinajstić information content (AvgIpc) is 2.79. The molecular weight excluding hydrogens is 360 g/mol. The maximum absolute atomic E-state index is 2.42. The van der Waals surface area contributed by atoms with E-state index < -0.39 is 0 Å². The second kappa shape index (κ2) is 13.4. The molecule has 0 spiro atoms. The Kier molecular flexibility index (Phi) is 10.5. The summed E-state index contributed by atoms with van der Waals surface area (Å²) in [5.74, 6) is 4.19. The van der Waals surface area contributed by atoms with Crippen molar-refractivity contribution in [3.63, 3.8) is 0 Å². The molecule has 0 aromatic heterocycles. The van der Waals surface area contributed by atoms with E-state index in [1.54, 1.807) is 12.8 Å². The van der Waals surface area contributed by atoms with Crippen LogP contribution in [0.5, 0.6) is 0 Å². The Morgan fingerprint density at radius 3 is 1.87 bits per heavy atom. The van der Waals surface area contributed by atoms with Gasteiger partial charge in [0.1, 0.15) is 0 Å². The van der Waals surface area contributed by atoms with Gasteiger partial charge in [0.2, 0.25) is 0 Å². The van der Waals surface area contributed by atoms with Crippen LogP contribution in [0.3, 0.4) is 0 Å². The van der Waals surface area contributed by atoms with E-state index in [4.69, 9.17) is 0 Å². The van der Waals surface area contributed by atoms with E-state index >= 15 is 0 Å². The van der Waals surface area contributed by atoms with Crippen LogP contribution >= 0.6 is 0 Å². The SMILES string of the molecule is CCCCCc1ccc(C=CCCC2CCC(C3CCC(CCC)CC3)CC2)cc1. The molecule has 0 heterocycles. The first-order valence-electron chi connectivity index (χ1n) is 13.5. The van der Waals surface area contributed by atoms with Crippen LogP contribution in [0.4, 0.5) is 0 Å². The minimum atomic E-state index is 0.989. The van der Waals surface area contributed by atoms with Crippen molar-refractivity contribution < 1.29 is 0 Å². The molecule has 1 aromatic carbocycles. The minimum absolute atomic E-state index is 0.989. The largest absolute Gasteiger partial charge is 0.0839 e. The van der Waals surface area contributed by atoms with E-state index in [0.717, 1.165) is 23.7 Å². The number of rotatable bonds is 11. The molecule has 0 heteroatoms. The smallest absolute Gasteiger partial charge is 0.0260 e. The Bertz CT molecular complexity index is 579. The highest BCUT2D eigenvalue weighted by Crippen LogP contribution is 2.42. The molecule has 0 N–H and O–H groups in total. The van der Waals surface area contributed by atoms with E-state index in [0.29, 0.717) is 0 Å². The summed E-state index contributed by atoms with van der Waals surface area (Å²) in [7, 11) is 0. The number of allylic oxidation sites excluding steroid dienone is 1. The lowest BCUT2D eigenvalue weighted by molar-refractivity contribution is 0.141. The van der Waals surface area contributed by atoms with Gasteiger partial charge in [-0.3, -0.25) is 0 Å². The van der Waals surface area contributed by atoms with Gasteiger partial charge in [-0.05, 0) is 86.2 Å². The van der Waals surface area contributed by atoms with Crippen LogP contribution in [0.2, 0.25) is 0 Å². The standard InChI is InChI=1S/C30H48/c1-3-5-6-10-26-13-15-27(16-14-26)11-7-8-12-28-19-23-30(24-20-28)29-21-17-25(9-4-2)18-22-29/h7,11,13-16,25,28-30H,3-6,8-10,12,17-24H2,1-2H3. The molecule has 3 rings (SSSR count). The Balaban J connectivity index is 1.29. The van der Waals surface area contributed by atoms with Crippen molar-refractivity contribution in [2.24, 2.45) is 23.7 Å². The Morgan fingerprint density at radius 2 is 1.30 bits per heavy atom. The zero-order valence-electron chi connectivity index (χ0n) is 20.1. The highest BCUT2D eigenvalue weighted by Gasteiger charge is 2.30. The van der Waals surface area contributed by atoms with Gasteiger partial charge in [0.25, 0.3) is 0 Å². The van der Waals surface area contributed by atoms with Crippen molar-refractivity contribution in [3.05, 3.63) is 41.5 Å². The first-order valence-corrected chi connectivity index (χ1v) is 13.5. The number of hydrogen-bond donors (Lipinski definition) is 0. The van der Waals surface area contributed by atoms with Crippen molar-refractivity contribution in [2.45, 2.75) is 117 Å². The third kappa shape index (κ3) is 7.90. The summed E-state index contributed by atoms with van der Waals surface area (Å²) in [4.78, 5) is 0. The van der Waals surface area contributed by atoms with E-state index in [9.17, 15) is 0 Å². The van der Waals surface area contributed by atoms with Crippen molar-refractivity contribution >= 4 is 6.08 Å². The fourth-order valence-electron chi connectivity index (χ4n) is 6.23. The first-order chi connectivity index (χ1) is 14.8. The van der Waals surface area contributed by atoms with Gasteiger partial charge >= 0.3 is 0 Å². The third-order valence-electron chi connectivity index (χ3n) is 8.25. The molecule has 2 aliphatic rings. The van der Waals surface area contributed by atoms with Crippen LogP contribution in [0, 0.1) is 23.7 Å². The Labute approximate surface area is 187 Å². The highest BCUT2D eigenvalue weighted by molar-refractivity contribution is 5.49. The van der Waals surface area contributed by atoms with Crippen LogP contribution in [0.15, 0.2) is 30.3 Å². The lowest BCUT2D eigenvalue weighted by Gasteiger charge is -2.38. The summed E-state index contributed by atoms with van der Waals surface area (Å²) >= 11 is 0. The maximum Gasteiger partial charge on any atom is -0.0260 e. The molecule has 30 heavy (non-hydrogen) atoms. The van der Waals surface area contributed by atoms with Gasteiger partial charge in [0.15, 0.2) is 0 Å². The molecule has 168 valence electrons. The number of aryl methyl sites for hydroxylation is 1. The lowest BCUT2D eigenvalue weighted by atomic mass is 9.68. The fourth-order valence-corrected chi connectivity index (χ4v) is 6.23. The molecule has 2 aliphatic carbocycles. The van der Waals surface area contributed by atoms with E-state index in [1.165, 1.54) is 101 Å². The van der Waals surface area contributed by atoms with Crippen molar-refractivity contribution in [1.82, 2.24) is 0 Å². The lowest BCUT2D eigenvalue weighted by Crippen LogP contribution is -2.25. The molecule has 0 radical (unpaired) electrons. The van der Waals surface area contributed by atoms with E-state index in [1.807, 2.05) is 0 Å². The van der Waals surface area contributed by atoms with Crippen LogP contribution in [0.25, 0.3) is 6.08 Å². The topological polar surface area (TPSA) is 0 Å². The van der Waals surface area contributed by atoms with Gasteiger partial charge in [0.05, 0.1) is 0 Å². The number of hydrogen-bond acceptors (Lipinski definition) is 0. The van der Waals surface area contributed by atoms with E-state index in [-0.39, 0.29) is 0 Å². The normalized spacial score (nSPS) is 27.5. The molecule has 0 unspecified atom stereocenters. The maximum atomic E-state index is 2.42. The summed E-state index contributed by atoms with van der Waals surface area (Å²) in [5, 5.41) is 0. The van der Waals surface area contributed by atoms with E-state index in [2.05, 4.69) is 50.3 Å². The van der Waals surface area contributed by atoms with Crippen molar-refractivity contribution in [1.29, 1.82) is 0 Å². The summed E-state index contributed by atoms with van der Waals surface area (Å²) in [5.41, 5.74) is 2.87. The van der Waals surface area contributed by atoms with Gasteiger partial charge in [0, 0.05) is 0 Å². The number of benzene rings is 1. The van der Waals surface area contributed by atoms with Gasteiger partial charge in [-0.25, -0.2) is 0 Å². The van der Waals surface area contributed by atoms with Crippen LogP contribution in [-0.4, -0.2) is 0 Å². The molecule has 1 aromatic rings. The highest BCUT2D eigenvalue weighted by atomic mass is 14.4. The zero-order chi connectivity index (χ0) is 21.0. The Morgan fingerprint density at radius 1 is 0.700 bits per heavy atom. The van der Waals surface area contributed by atoms with Gasteiger partial charge < -0.3 is 0 Å². The van der Waals surface area contributed by atoms with Crippen molar-refractivity contribution in [2.75, 3.05) is 0 Å². The molecule has 2 saturated carbocycles. The van der Waals surface area contributed by atoms with Crippen LogP contribution in [-0.2, 0) is 6.42 Å². The summed E-state index contributed by atoms with van der Waals surface area (Å²) in [6.07, 6.45) is 27.7. The van der Waals surface area contributed by atoms with Crippen LogP contribution in [0.1, 0.15) is 121 Å². The number of unbranched alkanes of at least 4 members (excludes halogenated alkanes) is 2. The second-order valence-electron chi connectivity index (χ2n) is 10.5. The molecular formula is C30H48.